The van der Waals surface area contributed by atoms with Crippen molar-refractivity contribution in [2.24, 2.45) is 11.8 Å². The van der Waals surface area contributed by atoms with Gasteiger partial charge in [-0.3, -0.25) is 9.59 Å². The fraction of sp³-hybridized carbons (Fsp3) is 0.522. The number of hydrogen-bond acceptors (Lipinski definition) is 4. The van der Waals surface area contributed by atoms with Crippen LogP contribution in [-0.2, 0) is 9.59 Å². The fourth-order valence-electron chi connectivity index (χ4n) is 4.67. The van der Waals surface area contributed by atoms with Gasteiger partial charge in [-0.25, -0.2) is 4.98 Å². The molecule has 6 nitrogen and oxygen atoms in total. The Morgan fingerprint density at radius 2 is 1.80 bits per heavy atom. The minimum atomic E-state index is -0.718. The monoisotopic (exact) mass is 429 g/mol. The summed E-state index contributed by atoms with van der Waals surface area (Å²) < 4.78 is 0. The molecule has 30 heavy (non-hydrogen) atoms. The number of amides is 1. The molecule has 2 heterocycles. The van der Waals surface area contributed by atoms with E-state index in [2.05, 4.69) is 10.2 Å². The lowest BCUT2D eigenvalue weighted by Gasteiger charge is -2.31. The summed E-state index contributed by atoms with van der Waals surface area (Å²) in [6.45, 7) is 1.35. The molecule has 2 aliphatic rings. The minimum absolute atomic E-state index is 0.0103. The van der Waals surface area contributed by atoms with E-state index in [4.69, 9.17) is 16.6 Å². The number of hydrogen-bond donors (Lipinski definition) is 2. The predicted octanol–water partition coefficient (Wildman–Crippen LogP) is 5.10. The third-order valence-corrected chi connectivity index (χ3v) is 6.75. The number of aromatic nitrogens is 1. The van der Waals surface area contributed by atoms with Crippen molar-refractivity contribution in [3.63, 3.8) is 0 Å². The Morgan fingerprint density at radius 3 is 2.50 bits per heavy atom. The smallest absolute Gasteiger partial charge is 0.306 e. The summed E-state index contributed by atoms with van der Waals surface area (Å²) in [5, 5.41) is 13.5. The normalized spacial score (nSPS) is 18.5. The summed E-state index contributed by atoms with van der Waals surface area (Å²) in [6.07, 6.45) is 7.73. The Bertz CT molecular complexity index is 935. The number of nitrogens with zero attached hydrogens (tertiary/aromatic N) is 2. The number of benzene rings is 1. The highest BCUT2D eigenvalue weighted by Crippen LogP contribution is 2.33. The first-order valence-electron chi connectivity index (χ1n) is 10.9. The van der Waals surface area contributed by atoms with Gasteiger partial charge in [0.25, 0.3) is 0 Å². The molecule has 1 saturated carbocycles. The number of carbonyl (C=O) groups is 2. The van der Waals surface area contributed by atoms with Gasteiger partial charge in [0.15, 0.2) is 0 Å². The molecule has 1 aromatic heterocycles. The van der Waals surface area contributed by atoms with E-state index in [0.29, 0.717) is 49.0 Å². The maximum Gasteiger partial charge on any atom is 0.306 e. The van der Waals surface area contributed by atoms with Crippen LogP contribution < -0.4 is 10.2 Å². The Hall–Kier alpha value is -2.34. The number of halogens is 1. The number of pyridine rings is 1. The van der Waals surface area contributed by atoms with Gasteiger partial charge in [0.05, 0.1) is 22.1 Å². The van der Waals surface area contributed by atoms with Crippen LogP contribution >= 0.6 is 11.6 Å². The van der Waals surface area contributed by atoms with Crippen LogP contribution in [0.4, 0.5) is 11.5 Å². The lowest BCUT2D eigenvalue weighted by Crippen LogP contribution is -2.36. The molecular weight excluding hydrogens is 402 g/mol. The summed E-state index contributed by atoms with van der Waals surface area (Å²) >= 11 is 6.42. The largest absolute Gasteiger partial charge is 0.481 e. The van der Waals surface area contributed by atoms with E-state index in [9.17, 15) is 14.7 Å². The van der Waals surface area contributed by atoms with E-state index < -0.39 is 5.97 Å². The van der Waals surface area contributed by atoms with Crippen molar-refractivity contribution in [2.45, 2.75) is 51.4 Å². The number of carboxylic acids is 1. The van der Waals surface area contributed by atoms with Crippen molar-refractivity contribution < 1.29 is 14.7 Å². The van der Waals surface area contributed by atoms with Gasteiger partial charge in [-0.1, -0.05) is 30.9 Å². The van der Waals surface area contributed by atoms with Gasteiger partial charge in [0, 0.05) is 24.9 Å². The number of piperidine rings is 1. The quantitative estimate of drug-likeness (QED) is 0.691. The second kappa shape index (κ2) is 9.21. The highest BCUT2D eigenvalue weighted by Gasteiger charge is 2.25. The van der Waals surface area contributed by atoms with E-state index >= 15 is 0 Å². The van der Waals surface area contributed by atoms with Crippen molar-refractivity contribution in [1.29, 1.82) is 0 Å². The average molecular weight is 430 g/mol. The summed E-state index contributed by atoms with van der Waals surface area (Å²) in [4.78, 5) is 30.7. The van der Waals surface area contributed by atoms with Gasteiger partial charge >= 0.3 is 5.97 Å². The van der Waals surface area contributed by atoms with Gasteiger partial charge in [-0.05, 0) is 55.9 Å². The molecule has 1 aromatic carbocycles. The highest BCUT2D eigenvalue weighted by atomic mass is 35.5. The van der Waals surface area contributed by atoms with E-state index in [1.54, 1.807) is 6.07 Å². The van der Waals surface area contributed by atoms with Crippen LogP contribution in [0.5, 0.6) is 0 Å². The lowest BCUT2D eigenvalue weighted by molar-refractivity contribution is -0.142. The van der Waals surface area contributed by atoms with Crippen molar-refractivity contribution in [2.75, 3.05) is 23.3 Å². The van der Waals surface area contributed by atoms with E-state index in [-0.39, 0.29) is 11.8 Å². The molecule has 2 aromatic rings. The molecule has 2 fully saturated rings. The number of aliphatic carboxylic acids is 1. The molecule has 0 unspecified atom stereocenters. The highest BCUT2D eigenvalue weighted by molar-refractivity contribution is 6.35. The number of fused-ring (bicyclic) bond motifs is 1. The standard InChI is InChI=1S/C23H28ClN3O3/c24-18-7-8-19-17(22(18)26-21(28)14-15-4-2-1-3-5-15)6-9-20(25-19)27-12-10-16(11-13-27)23(29)30/h6-9,15-16H,1-5,10-14H2,(H,26,28)(H,29,30). The Kier molecular flexibility index (Phi) is 6.42. The number of nitrogens with one attached hydrogen (secondary N) is 1. The third kappa shape index (κ3) is 4.69. The second-order valence-electron chi connectivity index (χ2n) is 8.51. The number of carbonyl (C=O) groups excluding carboxylic acids is 1. The number of anilines is 2. The van der Waals surface area contributed by atoms with Gasteiger partial charge < -0.3 is 15.3 Å². The van der Waals surface area contributed by atoms with Crippen LogP contribution in [0.3, 0.4) is 0 Å². The molecule has 1 saturated heterocycles. The summed E-state index contributed by atoms with van der Waals surface area (Å²) in [5.74, 6) is 0.311. The molecule has 0 radical (unpaired) electrons. The summed E-state index contributed by atoms with van der Waals surface area (Å²) in [6, 6.07) is 7.51. The van der Waals surface area contributed by atoms with Crippen LogP contribution in [0.1, 0.15) is 51.4 Å². The van der Waals surface area contributed by atoms with Gasteiger partial charge in [-0.2, -0.15) is 0 Å². The first kappa shape index (κ1) is 20.9. The van der Waals surface area contributed by atoms with Crippen molar-refractivity contribution in [1.82, 2.24) is 4.98 Å². The fourth-order valence-corrected chi connectivity index (χ4v) is 4.88. The molecule has 160 valence electrons. The Balaban J connectivity index is 1.49. The Labute approximate surface area is 181 Å². The summed E-state index contributed by atoms with van der Waals surface area (Å²) in [7, 11) is 0. The number of carboxylic acid groups (broad SMARTS) is 1. The zero-order chi connectivity index (χ0) is 21.1. The van der Waals surface area contributed by atoms with Crippen LogP contribution in [0.15, 0.2) is 24.3 Å². The predicted molar refractivity (Wildman–Crippen MR) is 119 cm³/mol. The molecule has 0 bridgehead atoms. The first-order valence-corrected chi connectivity index (χ1v) is 11.3. The zero-order valence-corrected chi connectivity index (χ0v) is 17.8. The van der Waals surface area contributed by atoms with Crippen LogP contribution in [0.2, 0.25) is 5.02 Å². The van der Waals surface area contributed by atoms with Gasteiger partial charge in [-0.15, -0.1) is 0 Å². The maximum atomic E-state index is 12.6. The first-order chi connectivity index (χ1) is 14.5. The van der Waals surface area contributed by atoms with E-state index in [1.807, 2.05) is 18.2 Å². The van der Waals surface area contributed by atoms with Crippen LogP contribution in [-0.4, -0.2) is 35.1 Å². The van der Waals surface area contributed by atoms with Gasteiger partial charge in [0.2, 0.25) is 5.91 Å². The molecular formula is C23H28ClN3O3. The summed E-state index contributed by atoms with van der Waals surface area (Å²) in [5.41, 5.74) is 1.39. The Morgan fingerprint density at radius 1 is 1.07 bits per heavy atom. The zero-order valence-electron chi connectivity index (χ0n) is 17.1. The average Bonchev–Trinajstić information content (AvgIpc) is 2.76. The van der Waals surface area contributed by atoms with Gasteiger partial charge in [0.1, 0.15) is 5.82 Å². The molecule has 1 aliphatic heterocycles. The SMILES string of the molecule is O=C(CC1CCCCC1)Nc1c(Cl)ccc2nc(N3CCC(C(=O)O)CC3)ccc12. The molecule has 1 aliphatic carbocycles. The topological polar surface area (TPSA) is 82.5 Å². The van der Waals surface area contributed by atoms with Crippen molar-refractivity contribution in [3.8, 4) is 0 Å². The molecule has 1 amide bonds. The van der Waals surface area contributed by atoms with E-state index in [0.717, 1.165) is 29.6 Å². The van der Waals surface area contributed by atoms with Crippen LogP contribution in [0.25, 0.3) is 10.9 Å². The second-order valence-corrected chi connectivity index (χ2v) is 8.92. The molecule has 4 rings (SSSR count). The minimum Gasteiger partial charge on any atom is -0.481 e. The van der Waals surface area contributed by atoms with E-state index in [1.165, 1.54) is 19.3 Å². The molecule has 0 spiro atoms. The molecule has 0 atom stereocenters. The maximum absolute atomic E-state index is 12.6. The van der Waals surface area contributed by atoms with Crippen molar-refractivity contribution >= 4 is 45.9 Å². The lowest BCUT2D eigenvalue weighted by atomic mass is 9.87. The molecule has 2 N–H and O–H groups in total. The van der Waals surface area contributed by atoms with Crippen LogP contribution in [0, 0.1) is 11.8 Å². The van der Waals surface area contributed by atoms with Crippen molar-refractivity contribution in [3.05, 3.63) is 29.3 Å². The number of rotatable bonds is 5. The third-order valence-electron chi connectivity index (χ3n) is 6.44. The molecule has 7 heteroatoms.